The number of pyridine rings is 1. The van der Waals surface area contributed by atoms with Crippen LogP contribution in [0.3, 0.4) is 0 Å². The fourth-order valence-corrected chi connectivity index (χ4v) is 3.40. The third-order valence-electron chi connectivity index (χ3n) is 4.94. The van der Waals surface area contributed by atoms with E-state index in [1.165, 1.54) is 24.4 Å². The molecule has 0 bridgehead atoms. The first-order chi connectivity index (χ1) is 13.9. The lowest BCUT2D eigenvalue weighted by molar-refractivity contribution is -0.757. The molecule has 3 rings (SSSR count). The van der Waals surface area contributed by atoms with E-state index in [2.05, 4.69) is 4.84 Å². The summed E-state index contributed by atoms with van der Waals surface area (Å²) in [7, 11) is 0. The zero-order valence-corrected chi connectivity index (χ0v) is 16.0. The maximum Gasteiger partial charge on any atom is 0.416 e. The Labute approximate surface area is 168 Å². The second-order valence-electron chi connectivity index (χ2n) is 7.43. The third-order valence-corrected chi connectivity index (χ3v) is 4.94. The molecular formula is C19H19F3N2O6. The van der Waals surface area contributed by atoms with Crippen LogP contribution in [0.15, 0.2) is 41.3 Å². The predicted molar refractivity (Wildman–Crippen MR) is 97.6 cm³/mol. The first-order valence-corrected chi connectivity index (χ1v) is 8.97. The van der Waals surface area contributed by atoms with E-state index in [0.717, 1.165) is 16.7 Å². The molecular weight excluding hydrogens is 409 g/mol. The summed E-state index contributed by atoms with van der Waals surface area (Å²) in [5, 5.41) is 20.1. The average molecular weight is 428 g/mol. The van der Waals surface area contributed by atoms with E-state index in [4.69, 9.17) is 4.74 Å². The summed E-state index contributed by atoms with van der Waals surface area (Å²) in [6.07, 6.45) is -4.50. The third kappa shape index (κ3) is 4.25. The van der Waals surface area contributed by atoms with Gasteiger partial charge in [0.15, 0.2) is 0 Å². The Kier molecular flexibility index (Phi) is 5.50. The number of rotatable bonds is 5. The number of fused-ring (bicyclic) bond motifs is 1. The lowest BCUT2D eigenvalue weighted by atomic mass is 9.85. The van der Waals surface area contributed by atoms with E-state index in [1.807, 2.05) is 0 Å². The van der Waals surface area contributed by atoms with Gasteiger partial charge in [-0.1, -0.05) is 0 Å². The van der Waals surface area contributed by atoms with Crippen molar-refractivity contribution in [3.8, 4) is 5.75 Å². The van der Waals surface area contributed by atoms with Crippen molar-refractivity contribution in [2.75, 3.05) is 6.61 Å². The minimum Gasteiger partial charge on any atom is -0.485 e. The van der Waals surface area contributed by atoms with E-state index >= 15 is 0 Å². The predicted octanol–water partition coefficient (Wildman–Crippen LogP) is 2.74. The Balaban J connectivity index is 2.04. The first kappa shape index (κ1) is 21.6. The van der Waals surface area contributed by atoms with Gasteiger partial charge >= 0.3 is 6.18 Å². The van der Waals surface area contributed by atoms with Gasteiger partial charge in [-0.05, 0) is 50.1 Å². The van der Waals surface area contributed by atoms with E-state index in [-0.39, 0.29) is 24.3 Å². The first-order valence-electron chi connectivity index (χ1n) is 8.97. The van der Waals surface area contributed by atoms with Crippen molar-refractivity contribution in [2.45, 2.75) is 44.2 Å². The summed E-state index contributed by atoms with van der Waals surface area (Å²) in [5.41, 5.74) is -2.21. The maximum atomic E-state index is 13.2. The van der Waals surface area contributed by atoms with Crippen molar-refractivity contribution < 1.29 is 32.9 Å². The summed E-state index contributed by atoms with van der Waals surface area (Å²) in [5.74, 6) is 0.138. The van der Waals surface area contributed by atoms with Crippen molar-refractivity contribution in [2.24, 2.45) is 0 Å². The van der Waals surface area contributed by atoms with Gasteiger partial charge in [-0.25, -0.2) is 0 Å². The normalized spacial score (nSPS) is 20.2. The Bertz CT molecular complexity index is 1020. The minimum absolute atomic E-state index is 0.0307. The number of hydrogen-bond acceptors (Lipinski definition) is 6. The fourth-order valence-electron chi connectivity index (χ4n) is 3.40. The van der Waals surface area contributed by atoms with Crippen molar-refractivity contribution >= 4 is 0 Å². The van der Waals surface area contributed by atoms with Gasteiger partial charge in [0.05, 0.1) is 11.6 Å². The van der Waals surface area contributed by atoms with E-state index in [1.54, 1.807) is 13.8 Å². The molecule has 1 aromatic carbocycles. The number of aliphatic hydroxyl groups is 1. The number of aliphatic hydroxyl groups excluding tert-OH is 1. The molecule has 0 radical (unpaired) electrons. The number of nitrogens with zero attached hydrogens (tertiary/aromatic N) is 2. The van der Waals surface area contributed by atoms with Crippen LogP contribution in [0.5, 0.6) is 5.75 Å². The van der Waals surface area contributed by atoms with Crippen LogP contribution in [0, 0.1) is 10.1 Å². The van der Waals surface area contributed by atoms with Crippen LogP contribution in [0.1, 0.15) is 36.6 Å². The van der Waals surface area contributed by atoms with E-state index < -0.39 is 40.1 Å². The standard InChI is InChI=1S/C19H19F3N2O6/c1-18(2)17(26)16(13-10-12(19(20,21)22)3-4-14(13)30-18)23-7-5-11(9-15(23)25)6-8-29-24(27)28/h3-5,7,9-10,16-17,26H,6,8H2,1-2H3. The van der Waals surface area contributed by atoms with Gasteiger partial charge in [-0.15, -0.1) is 10.1 Å². The summed E-state index contributed by atoms with van der Waals surface area (Å²) < 4.78 is 46.4. The van der Waals surface area contributed by atoms with Gasteiger partial charge < -0.3 is 19.2 Å². The minimum atomic E-state index is -4.61. The molecule has 0 fully saturated rings. The van der Waals surface area contributed by atoms with Gasteiger partial charge in [-0.2, -0.15) is 13.2 Å². The van der Waals surface area contributed by atoms with Crippen LogP contribution in [0.25, 0.3) is 0 Å². The molecule has 162 valence electrons. The largest absolute Gasteiger partial charge is 0.485 e. The number of benzene rings is 1. The molecule has 0 saturated carbocycles. The fraction of sp³-hybridized carbons (Fsp3) is 0.421. The van der Waals surface area contributed by atoms with Crippen LogP contribution in [-0.4, -0.2) is 33.1 Å². The number of halogens is 3. The van der Waals surface area contributed by atoms with E-state index in [9.17, 15) is 33.2 Å². The molecule has 0 amide bonds. The highest BCUT2D eigenvalue weighted by Gasteiger charge is 2.45. The molecule has 0 saturated heterocycles. The van der Waals surface area contributed by atoms with Crippen molar-refractivity contribution in [3.05, 3.63) is 73.7 Å². The molecule has 0 spiro atoms. The number of ether oxygens (including phenoxy) is 1. The molecule has 2 unspecified atom stereocenters. The Morgan fingerprint density at radius 2 is 2.00 bits per heavy atom. The summed E-state index contributed by atoms with van der Waals surface area (Å²) in [6.45, 7) is 2.89. The summed E-state index contributed by atoms with van der Waals surface area (Å²) >= 11 is 0. The SMILES string of the molecule is CC1(C)Oc2ccc(C(F)(F)F)cc2C(n2ccc(CCO[N+](=O)[O-])cc2=O)C1O. The van der Waals surface area contributed by atoms with Crippen molar-refractivity contribution in [3.63, 3.8) is 0 Å². The Morgan fingerprint density at radius 1 is 1.30 bits per heavy atom. The molecule has 1 aliphatic heterocycles. The van der Waals surface area contributed by atoms with Crippen LogP contribution < -0.4 is 10.3 Å². The molecule has 1 aromatic heterocycles. The molecule has 2 aromatic rings. The van der Waals surface area contributed by atoms with Gasteiger partial charge in [-0.3, -0.25) is 4.79 Å². The van der Waals surface area contributed by atoms with Crippen LogP contribution in [0.2, 0.25) is 0 Å². The van der Waals surface area contributed by atoms with Gasteiger partial charge in [0, 0.05) is 17.8 Å². The lowest BCUT2D eigenvalue weighted by Gasteiger charge is -2.42. The zero-order valence-electron chi connectivity index (χ0n) is 16.0. The van der Waals surface area contributed by atoms with Crippen LogP contribution in [-0.2, 0) is 17.4 Å². The average Bonchev–Trinajstić information content (AvgIpc) is 2.62. The Hall–Kier alpha value is -3.08. The van der Waals surface area contributed by atoms with Crippen molar-refractivity contribution in [1.29, 1.82) is 0 Å². The molecule has 11 heteroatoms. The molecule has 30 heavy (non-hydrogen) atoms. The van der Waals surface area contributed by atoms with Crippen molar-refractivity contribution in [1.82, 2.24) is 4.57 Å². The maximum absolute atomic E-state index is 13.2. The molecule has 1 N–H and O–H groups in total. The zero-order chi connectivity index (χ0) is 22.3. The Morgan fingerprint density at radius 3 is 2.60 bits per heavy atom. The quantitative estimate of drug-likeness (QED) is 0.580. The van der Waals surface area contributed by atoms with E-state index in [0.29, 0.717) is 5.56 Å². The highest BCUT2D eigenvalue weighted by atomic mass is 19.4. The monoisotopic (exact) mass is 428 g/mol. The van der Waals surface area contributed by atoms with Crippen LogP contribution in [0.4, 0.5) is 13.2 Å². The molecule has 1 aliphatic rings. The number of aromatic nitrogens is 1. The summed E-state index contributed by atoms with van der Waals surface area (Å²) in [6, 6.07) is 4.49. The highest BCUT2D eigenvalue weighted by Crippen LogP contribution is 2.43. The number of hydrogen-bond donors (Lipinski definition) is 1. The molecule has 8 nitrogen and oxygen atoms in total. The second-order valence-corrected chi connectivity index (χ2v) is 7.43. The second kappa shape index (κ2) is 7.63. The van der Waals surface area contributed by atoms with Gasteiger partial charge in [0.1, 0.15) is 24.1 Å². The van der Waals surface area contributed by atoms with Gasteiger partial charge in [0.2, 0.25) is 0 Å². The molecule has 2 heterocycles. The molecule has 2 atom stereocenters. The summed E-state index contributed by atoms with van der Waals surface area (Å²) in [4.78, 5) is 27.1. The highest BCUT2D eigenvalue weighted by molar-refractivity contribution is 5.44. The van der Waals surface area contributed by atoms with Gasteiger partial charge in [0.25, 0.3) is 10.6 Å². The molecule has 0 aliphatic carbocycles. The smallest absolute Gasteiger partial charge is 0.416 e. The lowest BCUT2D eigenvalue weighted by Crippen LogP contribution is -2.52. The topological polar surface area (TPSA) is 104 Å². The number of alkyl halides is 3. The van der Waals surface area contributed by atoms with Crippen LogP contribution >= 0.6 is 0 Å².